The second kappa shape index (κ2) is 7.22. The number of hydrogen-bond acceptors (Lipinski definition) is 4. The third-order valence-electron chi connectivity index (χ3n) is 5.14. The van der Waals surface area contributed by atoms with Crippen molar-refractivity contribution in [1.29, 1.82) is 0 Å². The SMILES string of the molecule is Cc1c(C(=O)N(CC2CCCO2)C2CCSC2)oc2c(Cl)cccc12. The molecule has 2 atom stereocenters. The average Bonchev–Trinajstić information content (AvgIpc) is 3.34. The Kier molecular flexibility index (Phi) is 4.98. The fourth-order valence-electron chi connectivity index (χ4n) is 3.72. The third kappa shape index (κ3) is 3.29. The number of nitrogens with zero attached hydrogens (tertiary/aromatic N) is 1. The van der Waals surface area contributed by atoms with Crippen molar-refractivity contribution in [2.24, 2.45) is 0 Å². The molecular weight excluding hydrogens is 358 g/mol. The van der Waals surface area contributed by atoms with E-state index in [2.05, 4.69) is 0 Å². The van der Waals surface area contributed by atoms with Gasteiger partial charge in [0.25, 0.3) is 5.91 Å². The van der Waals surface area contributed by atoms with Crippen LogP contribution >= 0.6 is 23.4 Å². The van der Waals surface area contributed by atoms with Gasteiger partial charge in [-0.2, -0.15) is 11.8 Å². The zero-order chi connectivity index (χ0) is 17.4. The molecule has 2 aliphatic heterocycles. The zero-order valence-electron chi connectivity index (χ0n) is 14.3. The largest absolute Gasteiger partial charge is 0.449 e. The van der Waals surface area contributed by atoms with E-state index in [0.717, 1.165) is 48.3 Å². The first-order chi connectivity index (χ1) is 12.1. The molecule has 134 valence electrons. The molecule has 6 heteroatoms. The molecule has 2 unspecified atom stereocenters. The number of rotatable bonds is 4. The minimum atomic E-state index is -0.0345. The van der Waals surface area contributed by atoms with Gasteiger partial charge in [0.15, 0.2) is 11.3 Å². The van der Waals surface area contributed by atoms with Crippen molar-refractivity contribution in [2.45, 2.75) is 38.3 Å². The first-order valence-corrected chi connectivity index (χ1v) is 10.4. The van der Waals surface area contributed by atoms with Crippen molar-refractivity contribution in [3.05, 3.63) is 34.5 Å². The number of benzene rings is 1. The maximum absolute atomic E-state index is 13.3. The van der Waals surface area contributed by atoms with Crippen molar-refractivity contribution in [3.8, 4) is 0 Å². The van der Waals surface area contributed by atoms with Crippen molar-refractivity contribution in [2.75, 3.05) is 24.7 Å². The van der Waals surface area contributed by atoms with Gasteiger partial charge in [-0.05, 0) is 38.0 Å². The highest BCUT2D eigenvalue weighted by Gasteiger charge is 2.33. The Hall–Kier alpha value is -1.17. The van der Waals surface area contributed by atoms with E-state index in [9.17, 15) is 4.79 Å². The first-order valence-electron chi connectivity index (χ1n) is 8.83. The second-order valence-corrected chi connectivity index (χ2v) is 8.34. The summed E-state index contributed by atoms with van der Waals surface area (Å²) in [6.07, 6.45) is 3.27. The molecule has 0 N–H and O–H groups in total. The molecule has 0 spiro atoms. The zero-order valence-corrected chi connectivity index (χ0v) is 15.9. The molecule has 4 rings (SSSR count). The highest BCUT2D eigenvalue weighted by atomic mass is 35.5. The Labute approximate surface area is 156 Å². The number of carbonyl (C=O) groups excluding carboxylic acids is 1. The summed E-state index contributed by atoms with van der Waals surface area (Å²) >= 11 is 8.16. The number of carbonyl (C=O) groups is 1. The fraction of sp³-hybridized carbons (Fsp3) is 0.526. The predicted octanol–water partition coefficient (Wildman–Crippen LogP) is 4.52. The van der Waals surface area contributed by atoms with Crippen molar-refractivity contribution >= 4 is 40.2 Å². The summed E-state index contributed by atoms with van der Waals surface area (Å²) in [5.41, 5.74) is 1.47. The highest BCUT2D eigenvalue weighted by Crippen LogP contribution is 2.33. The lowest BCUT2D eigenvalue weighted by molar-refractivity contribution is 0.0419. The fourth-order valence-corrected chi connectivity index (χ4v) is 5.15. The summed E-state index contributed by atoms with van der Waals surface area (Å²) in [7, 11) is 0. The minimum Gasteiger partial charge on any atom is -0.449 e. The Morgan fingerprint density at radius 1 is 1.40 bits per heavy atom. The Morgan fingerprint density at radius 2 is 2.28 bits per heavy atom. The summed E-state index contributed by atoms with van der Waals surface area (Å²) in [5.74, 6) is 2.47. The van der Waals surface area contributed by atoms with E-state index in [-0.39, 0.29) is 18.1 Å². The predicted molar refractivity (Wildman–Crippen MR) is 102 cm³/mol. The monoisotopic (exact) mass is 379 g/mol. The van der Waals surface area contributed by atoms with Gasteiger partial charge in [0.2, 0.25) is 0 Å². The lowest BCUT2D eigenvalue weighted by Crippen LogP contribution is -2.44. The Morgan fingerprint density at radius 3 is 2.96 bits per heavy atom. The molecule has 4 nitrogen and oxygen atoms in total. The topological polar surface area (TPSA) is 42.7 Å². The molecule has 1 aromatic carbocycles. The molecule has 3 heterocycles. The molecule has 0 radical (unpaired) electrons. The first kappa shape index (κ1) is 17.3. The molecular formula is C19H22ClNO3S. The van der Waals surface area contributed by atoms with Crippen molar-refractivity contribution in [1.82, 2.24) is 4.90 Å². The van der Waals surface area contributed by atoms with Crippen LogP contribution in [-0.4, -0.2) is 47.6 Å². The molecule has 25 heavy (non-hydrogen) atoms. The quantitative estimate of drug-likeness (QED) is 0.783. The molecule has 2 aromatic rings. The lowest BCUT2D eigenvalue weighted by Gasteiger charge is -2.30. The molecule has 0 aliphatic carbocycles. The molecule has 2 aliphatic rings. The van der Waals surface area contributed by atoms with Crippen LogP contribution in [0.2, 0.25) is 5.02 Å². The molecule has 0 bridgehead atoms. The highest BCUT2D eigenvalue weighted by molar-refractivity contribution is 7.99. The number of halogens is 1. The van der Waals surface area contributed by atoms with Crippen LogP contribution in [0.1, 0.15) is 35.4 Å². The maximum atomic E-state index is 13.3. The van der Waals surface area contributed by atoms with Crippen LogP contribution < -0.4 is 0 Å². The van der Waals surface area contributed by atoms with Crippen LogP contribution in [0.3, 0.4) is 0 Å². The average molecular weight is 380 g/mol. The third-order valence-corrected chi connectivity index (χ3v) is 6.58. The molecule has 0 saturated carbocycles. The van der Waals surface area contributed by atoms with Gasteiger partial charge >= 0.3 is 0 Å². The number of fused-ring (bicyclic) bond motifs is 1. The second-order valence-electron chi connectivity index (χ2n) is 6.78. The van der Waals surface area contributed by atoms with E-state index < -0.39 is 0 Å². The van der Waals surface area contributed by atoms with Crippen LogP contribution in [0.4, 0.5) is 0 Å². The normalized spacial score (nSPS) is 23.4. The van der Waals surface area contributed by atoms with Gasteiger partial charge < -0.3 is 14.1 Å². The van der Waals surface area contributed by atoms with Gasteiger partial charge in [-0.3, -0.25) is 4.79 Å². The number of aryl methyl sites for hydroxylation is 1. The van der Waals surface area contributed by atoms with E-state index in [4.69, 9.17) is 20.8 Å². The lowest BCUT2D eigenvalue weighted by atomic mass is 10.1. The number of amides is 1. The van der Waals surface area contributed by atoms with E-state index in [1.807, 2.05) is 35.7 Å². The number of hydrogen-bond donors (Lipinski definition) is 0. The standard InChI is InChI=1S/C19H22ClNO3S/c1-12-15-5-2-6-16(20)18(15)24-17(12)19(22)21(13-7-9-25-11-13)10-14-4-3-8-23-14/h2,5-6,13-14H,3-4,7-11H2,1H3. The van der Waals surface area contributed by atoms with Gasteiger partial charge in [-0.25, -0.2) is 0 Å². The van der Waals surface area contributed by atoms with E-state index >= 15 is 0 Å². The number of furan rings is 1. The van der Waals surface area contributed by atoms with Gasteiger partial charge in [-0.15, -0.1) is 0 Å². The molecule has 1 aromatic heterocycles. The summed E-state index contributed by atoms with van der Waals surface area (Å²) in [5, 5.41) is 1.45. The Balaban J connectivity index is 1.67. The maximum Gasteiger partial charge on any atom is 0.290 e. The molecule has 1 amide bonds. The number of thioether (sulfide) groups is 1. The number of para-hydroxylation sites is 1. The smallest absolute Gasteiger partial charge is 0.290 e. The van der Waals surface area contributed by atoms with Crippen molar-refractivity contribution in [3.63, 3.8) is 0 Å². The van der Waals surface area contributed by atoms with Gasteiger partial charge in [0.05, 0.1) is 11.1 Å². The van der Waals surface area contributed by atoms with E-state index in [1.165, 1.54) is 0 Å². The van der Waals surface area contributed by atoms with Crippen LogP contribution in [0.5, 0.6) is 0 Å². The van der Waals surface area contributed by atoms with Crippen molar-refractivity contribution < 1.29 is 13.9 Å². The van der Waals surface area contributed by atoms with Crippen LogP contribution in [0.15, 0.2) is 22.6 Å². The van der Waals surface area contributed by atoms with E-state index in [1.54, 1.807) is 6.07 Å². The summed E-state index contributed by atoms with van der Waals surface area (Å²) in [6, 6.07) is 5.88. The summed E-state index contributed by atoms with van der Waals surface area (Å²) in [4.78, 5) is 15.3. The van der Waals surface area contributed by atoms with E-state index in [0.29, 0.717) is 22.9 Å². The summed E-state index contributed by atoms with van der Waals surface area (Å²) < 4.78 is 11.7. The molecule has 2 fully saturated rings. The van der Waals surface area contributed by atoms with Crippen LogP contribution in [0, 0.1) is 6.92 Å². The van der Waals surface area contributed by atoms with Gasteiger partial charge in [0.1, 0.15) is 0 Å². The van der Waals surface area contributed by atoms with Crippen LogP contribution in [-0.2, 0) is 4.74 Å². The molecule has 2 saturated heterocycles. The summed E-state index contributed by atoms with van der Waals surface area (Å²) in [6.45, 7) is 3.38. The number of ether oxygens (including phenoxy) is 1. The van der Waals surface area contributed by atoms with Gasteiger partial charge in [0, 0.05) is 35.9 Å². The van der Waals surface area contributed by atoms with Crippen LogP contribution in [0.25, 0.3) is 11.0 Å². The Bertz CT molecular complexity index is 778. The minimum absolute atomic E-state index is 0.0345. The van der Waals surface area contributed by atoms with Gasteiger partial charge in [-0.1, -0.05) is 23.7 Å².